The highest BCUT2D eigenvalue weighted by molar-refractivity contribution is 5.25. The molecule has 1 atom stereocenters. The smallest absolute Gasteiger partial charge is 0.0174 e. The number of likely N-dealkylation sites (N-methyl/N-ethyl adjacent to an activating group) is 1. The molecule has 3 heteroatoms. The molecule has 1 heterocycles. The van der Waals surface area contributed by atoms with Crippen LogP contribution in [-0.2, 0) is 5.41 Å². The van der Waals surface area contributed by atoms with Gasteiger partial charge in [-0.15, -0.1) is 0 Å². The topological polar surface area (TPSA) is 32.5 Å². The van der Waals surface area contributed by atoms with Gasteiger partial charge in [-0.25, -0.2) is 0 Å². The SMILES string of the molecule is CN1CCN(CC(C)(CN)c2ccccc2)CC1. The Kier molecular flexibility index (Phi) is 4.38. The van der Waals surface area contributed by atoms with Crippen molar-refractivity contribution in [1.82, 2.24) is 9.80 Å². The predicted octanol–water partition coefficient (Wildman–Crippen LogP) is 1.15. The molecular weight excluding hydrogens is 222 g/mol. The summed E-state index contributed by atoms with van der Waals surface area (Å²) >= 11 is 0. The van der Waals surface area contributed by atoms with Crippen molar-refractivity contribution in [3.05, 3.63) is 35.9 Å². The highest BCUT2D eigenvalue weighted by Gasteiger charge is 2.28. The molecule has 0 radical (unpaired) electrons. The Labute approximate surface area is 111 Å². The molecule has 0 amide bonds. The molecule has 1 unspecified atom stereocenters. The number of rotatable bonds is 4. The van der Waals surface area contributed by atoms with Crippen LogP contribution in [0, 0.1) is 0 Å². The van der Waals surface area contributed by atoms with Crippen molar-refractivity contribution in [2.45, 2.75) is 12.3 Å². The van der Waals surface area contributed by atoms with Gasteiger partial charge < -0.3 is 10.6 Å². The molecule has 3 nitrogen and oxygen atoms in total. The first-order valence-electron chi connectivity index (χ1n) is 6.80. The summed E-state index contributed by atoms with van der Waals surface area (Å²) in [5.41, 5.74) is 7.47. The average molecular weight is 247 g/mol. The number of nitrogens with zero attached hydrogens (tertiary/aromatic N) is 2. The van der Waals surface area contributed by atoms with Gasteiger partial charge in [0.1, 0.15) is 0 Å². The van der Waals surface area contributed by atoms with Crippen LogP contribution in [0.3, 0.4) is 0 Å². The van der Waals surface area contributed by atoms with Crippen LogP contribution in [0.25, 0.3) is 0 Å². The third kappa shape index (κ3) is 3.10. The number of hydrogen-bond donors (Lipinski definition) is 1. The maximum Gasteiger partial charge on any atom is 0.0174 e. The lowest BCUT2D eigenvalue weighted by Gasteiger charge is -2.39. The van der Waals surface area contributed by atoms with E-state index in [9.17, 15) is 0 Å². The minimum atomic E-state index is 0.0666. The first-order valence-corrected chi connectivity index (χ1v) is 6.80. The first-order chi connectivity index (χ1) is 8.64. The van der Waals surface area contributed by atoms with E-state index in [2.05, 4.69) is 54.1 Å². The van der Waals surface area contributed by atoms with Crippen molar-refractivity contribution in [1.29, 1.82) is 0 Å². The van der Waals surface area contributed by atoms with Gasteiger partial charge in [0.25, 0.3) is 0 Å². The summed E-state index contributed by atoms with van der Waals surface area (Å²) in [6, 6.07) is 10.7. The first kappa shape index (κ1) is 13.5. The van der Waals surface area contributed by atoms with Gasteiger partial charge in [0, 0.05) is 44.7 Å². The van der Waals surface area contributed by atoms with Gasteiger partial charge in [0.05, 0.1) is 0 Å². The molecule has 2 N–H and O–H groups in total. The zero-order chi connectivity index (χ0) is 13.0. The zero-order valence-corrected chi connectivity index (χ0v) is 11.6. The fourth-order valence-corrected chi connectivity index (χ4v) is 2.61. The van der Waals surface area contributed by atoms with Crippen LogP contribution in [0.4, 0.5) is 0 Å². The van der Waals surface area contributed by atoms with Crippen molar-refractivity contribution >= 4 is 0 Å². The molecule has 1 saturated heterocycles. The van der Waals surface area contributed by atoms with E-state index in [1.165, 1.54) is 5.56 Å². The van der Waals surface area contributed by atoms with Gasteiger partial charge in [-0.05, 0) is 12.6 Å². The standard InChI is InChI=1S/C15H25N3/c1-15(12-16,14-6-4-3-5-7-14)13-18-10-8-17(2)9-11-18/h3-7H,8-13,16H2,1-2H3. The quantitative estimate of drug-likeness (QED) is 0.866. The largest absolute Gasteiger partial charge is 0.330 e. The van der Waals surface area contributed by atoms with E-state index in [1.54, 1.807) is 0 Å². The van der Waals surface area contributed by atoms with Gasteiger partial charge in [-0.3, -0.25) is 4.90 Å². The third-order valence-corrected chi connectivity index (χ3v) is 4.09. The highest BCUT2D eigenvalue weighted by atomic mass is 15.2. The number of hydrogen-bond acceptors (Lipinski definition) is 3. The maximum atomic E-state index is 6.05. The van der Waals surface area contributed by atoms with Crippen molar-refractivity contribution in [3.63, 3.8) is 0 Å². The van der Waals surface area contributed by atoms with E-state index < -0.39 is 0 Å². The van der Waals surface area contributed by atoms with Crippen molar-refractivity contribution < 1.29 is 0 Å². The Bertz CT molecular complexity index is 357. The maximum absolute atomic E-state index is 6.05. The van der Waals surface area contributed by atoms with Crippen LogP contribution in [0.2, 0.25) is 0 Å². The number of piperazine rings is 1. The van der Waals surface area contributed by atoms with Gasteiger partial charge >= 0.3 is 0 Å². The molecule has 1 aliphatic rings. The highest BCUT2D eigenvalue weighted by Crippen LogP contribution is 2.24. The lowest BCUT2D eigenvalue weighted by molar-refractivity contribution is 0.130. The summed E-state index contributed by atoms with van der Waals surface area (Å²) in [5.74, 6) is 0. The molecule has 2 rings (SSSR count). The molecule has 0 bridgehead atoms. The summed E-state index contributed by atoms with van der Waals surface area (Å²) in [6.07, 6.45) is 0. The van der Waals surface area contributed by atoms with E-state index >= 15 is 0 Å². The molecule has 1 aliphatic heterocycles. The summed E-state index contributed by atoms with van der Waals surface area (Å²) < 4.78 is 0. The molecule has 100 valence electrons. The van der Waals surface area contributed by atoms with E-state index in [0.29, 0.717) is 6.54 Å². The predicted molar refractivity (Wildman–Crippen MR) is 76.8 cm³/mol. The van der Waals surface area contributed by atoms with Crippen LogP contribution in [0.15, 0.2) is 30.3 Å². The Morgan fingerprint density at radius 3 is 2.28 bits per heavy atom. The van der Waals surface area contributed by atoms with E-state index in [4.69, 9.17) is 5.73 Å². The van der Waals surface area contributed by atoms with Crippen molar-refractivity contribution in [2.75, 3.05) is 46.3 Å². The Morgan fingerprint density at radius 1 is 1.11 bits per heavy atom. The zero-order valence-electron chi connectivity index (χ0n) is 11.6. The van der Waals surface area contributed by atoms with Crippen LogP contribution in [0.5, 0.6) is 0 Å². The van der Waals surface area contributed by atoms with Gasteiger partial charge in [0.15, 0.2) is 0 Å². The summed E-state index contributed by atoms with van der Waals surface area (Å²) in [7, 11) is 2.19. The van der Waals surface area contributed by atoms with Crippen molar-refractivity contribution in [2.24, 2.45) is 5.73 Å². The number of benzene rings is 1. The average Bonchev–Trinajstić information content (AvgIpc) is 2.42. The van der Waals surface area contributed by atoms with Crippen LogP contribution in [0.1, 0.15) is 12.5 Å². The molecule has 18 heavy (non-hydrogen) atoms. The molecular formula is C15H25N3. The fourth-order valence-electron chi connectivity index (χ4n) is 2.61. The van der Waals surface area contributed by atoms with Crippen LogP contribution < -0.4 is 5.73 Å². The molecule has 0 spiro atoms. The Hall–Kier alpha value is -0.900. The molecule has 0 aliphatic carbocycles. The normalized spacial score (nSPS) is 21.7. The second kappa shape index (κ2) is 5.83. The molecule has 0 saturated carbocycles. The van der Waals surface area contributed by atoms with E-state index in [1.807, 2.05) is 0 Å². The lowest BCUT2D eigenvalue weighted by Crippen LogP contribution is -2.51. The summed E-state index contributed by atoms with van der Waals surface area (Å²) in [4.78, 5) is 4.93. The van der Waals surface area contributed by atoms with Gasteiger partial charge in [-0.1, -0.05) is 37.3 Å². The lowest BCUT2D eigenvalue weighted by atomic mass is 9.82. The van der Waals surface area contributed by atoms with E-state index in [-0.39, 0.29) is 5.41 Å². The minimum absolute atomic E-state index is 0.0666. The van der Waals surface area contributed by atoms with Gasteiger partial charge in [-0.2, -0.15) is 0 Å². The molecule has 1 aromatic carbocycles. The van der Waals surface area contributed by atoms with Crippen LogP contribution in [-0.4, -0.2) is 56.1 Å². The monoisotopic (exact) mass is 247 g/mol. The minimum Gasteiger partial charge on any atom is -0.330 e. The van der Waals surface area contributed by atoms with E-state index in [0.717, 1.165) is 32.7 Å². The second-order valence-corrected chi connectivity index (χ2v) is 5.71. The van der Waals surface area contributed by atoms with Crippen LogP contribution >= 0.6 is 0 Å². The Morgan fingerprint density at radius 2 is 1.72 bits per heavy atom. The fraction of sp³-hybridized carbons (Fsp3) is 0.600. The Balaban J connectivity index is 2.04. The summed E-state index contributed by atoms with van der Waals surface area (Å²) in [6.45, 7) is 8.66. The number of nitrogens with two attached hydrogens (primary N) is 1. The molecule has 0 aromatic heterocycles. The second-order valence-electron chi connectivity index (χ2n) is 5.71. The van der Waals surface area contributed by atoms with Gasteiger partial charge in [0.2, 0.25) is 0 Å². The molecule has 1 fully saturated rings. The molecule has 1 aromatic rings. The third-order valence-electron chi connectivity index (χ3n) is 4.09. The van der Waals surface area contributed by atoms with Crippen molar-refractivity contribution in [3.8, 4) is 0 Å². The summed E-state index contributed by atoms with van der Waals surface area (Å²) in [5, 5.41) is 0.